The largest absolute Gasteiger partial charge is 0.246 e. The molecule has 0 atom stereocenters. The highest BCUT2D eigenvalue weighted by molar-refractivity contribution is 8.00. The van der Waals surface area contributed by atoms with Crippen LogP contribution in [0.5, 0.6) is 0 Å². The van der Waals surface area contributed by atoms with Gasteiger partial charge >= 0.3 is 0 Å². The predicted molar refractivity (Wildman–Crippen MR) is 43.4 cm³/mol. The summed E-state index contributed by atoms with van der Waals surface area (Å²) in [5, 5.41) is 1.16. The van der Waals surface area contributed by atoms with Crippen molar-refractivity contribution in [3.8, 4) is 0 Å². The highest BCUT2D eigenvalue weighted by Crippen LogP contribution is 2.26. The molecule has 50 valence electrons. The van der Waals surface area contributed by atoms with Crippen LogP contribution in [0, 0.1) is 13.8 Å². The van der Waals surface area contributed by atoms with Crippen molar-refractivity contribution in [3.63, 3.8) is 0 Å². The van der Waals surface area contributed by atoms with Crippen LogP contribution < -0.4 is 0 Å². The van der Waals surface area contributed by atoms with Crippen LogP contribution >= 0.6 is 23.1 Å². The molecule has 0 aliphatic heterocycles. The SMILES string of the molecule is CSc1sc(C)nc1C. The van der Waals surface area contributed by atoms with Gasteiger partial charge in [-0.1, -0.05) is 0 Å². The van der Waals surface area contributed by atoms with Crippen LogP contribution in [0.15, 0.2) is 4.21 Å². The van der Waals surface area contributed by atoms with E-state index < -0.39 is 0 Å². The fourth-order valence-corrected chi connectivity index (χ4v) is 2.38. The smallest absolute Gasteiger partial charge is 0.0909 e. The zero-order valence-corrected chi connectivity index (χ0v) is 7.40. The van der Waals surface area contributed by atoms with E-state index in [4.69, 9.17) is 0 Å². The van der Waals surface area contributed by atoms with Crippen LogP contribution in [0.4, 0.5) is 0 Å². The number of aryl methyl sites for hydroxylation is 2. The molecule has 0 fully saturated rings. The second kappa shape index (κ2) is 2.71. The number of aromatic nitrogens is 1. The van der Waals surface area contributed by atoms with Gasteiger partial charge in [-0.05, 0) is 20.1 Å². The van der Waals surface area contributed by atoms with Crippen LogP contribution in [0.1, 0.15) is 10.7 Å². The van der Waals surface area contributed by atoms with Crippen molar-refractivity contribution in [1.29, 1.82) is 0 Å². The van der Waals surface area contributed by atoms with Crippen LogP contribution in [0.25, 0.3) is 0 Å². The number of thioether (sulfide) groups is 1. The Morgan fingerprint density at radius 1 is 1.44 bits per heavy atom. The lowest BCUT2D eigenvalue weighted by Crippen LogP contribution is -1.71. The summed E-state index contributed by atoms with van der Waals surface area (Å²) in [4.78, 5) is 4.28. The quantitative estimate of drug-likeness (QED) is 0.584. The van der Waals surface area contributed by atoms with Gasteiger partial charge in [0.15, 0.2) is 0 Å². The molecular weight excluding hydrogens is 150 g/mol. The van der Waals surface area contributed by atoms with Crippen LogP contribution in [-0.2, 0) is 0 Å². The lowest BCUT2D eigenvalue weighted by atomic mass is 10.6. The number of hydrogen-bond acceptors (Lipinski definition) is 3. The zero-order chi connectivity index (χ0) is 6.85. The average molecular weight is 159 g/mol. The Morgan fingerprint density at radius 3 is 2.33 bits per heavy atom. The van der Waals surface area contributed by atoms with Crippen molar-refractivity contribution < 1.29 is 0 Å². The van der Waals surface area contributed by atoms with E-state index in [1.807, 2.05) is 6.92 Å². The minimum Gasteiger partial charge on any atom is -0.246 e. The van der Waals surface area contributed by atoms with E-state index in [0.717, 1.165) is 5.01 Å². The van der Waals surface area contributed by atoms with E-state index in [-0.39, 0.29) is 0 Å². The van der Waals surface area contributed by atoms with Gasteiger partial charge in [-0.2, -0.15) is 0 Å². The number of hydrogen-bond donors (Lipinski definition) is 0. The van der Waals surface area contributed by atoms with Gasteiger partial charge < -0.3 is 0 Å². The van der Waals surface area contributed by atoms with Gasteiger partial charge in [0.2, 0.25) is 0 Å². The van der Waals surface area contributed by atoms with E-state index in [2.05, 4.69) is 18.2 Å². The van der Waals surface area contributed by atoms with E-state index in [1.54, 1.807) is 23.1 Å². The minimum absolute atomic E-state index is 1.16. The molecule has 0 saturated carbocycles. The van der Waals surface area contributed by atoms with Gasteiger partial charge in [-0.25, -0.2) is 4.98 Å². The van der Waals surface area contributed by atoms with Crippen molar-refractivity contribution in [1.82, 2.24) is 4.98 Å². The van der Waals surface area contributed by atoms with Crippen molar-refractivity contribution in [3.05, 3.63) is 10.7 Å². The molecule has 9 heavy (non-hydrogen) atoms. The third-order valence-corrected chi connectivity index (χ3v) is 3.33. The molecule has 3 heteroatoms. The molecule has 1 rings (SSSR count). The molecule has 0 spiro atoms. The Morgan fingerprint density at radius 2 is 2.11 bits per heavy atom. The van der Waals surface area contributed by atoms with E-state index in [9.17, 15) is 0 Å². The Labute approximate surface area is 63.5 Å². The van der Waals surface area contributed by atoms with E-state index in [0.29, 0.717) is 0 Å². The van der Waals surface area contributed by atoms with Gasteiger partial charge in [0.25, 0.3) is 0 Å². The Kier molecular flexibility index (Phi) is 2.13. The van der Waals surface area contributed by atoms with Crippen molar-refractivity contribution in [2.45, 2.75) is 18.1 Å². The van der Waals surface area contributed by atoms with Crippen LogP contribution in [0.3, 0.4) is 0 Å². The third-order valence-electron chi connectivity index (χ3n) is 1.05. The van der Waals surface area contributed by atoms with Crippen molar-refractivity contribution in [2.75, 3.05) is 6.26 Å². The molecule has 0 amide bonds. The van der Waals surface area contributed by atoms with Gasteiger partial charge in [-0.3, -0.25) is 0 Å². The van der Waals surface area contributed by atoms with E-state index in [1.165, 1.54) is 9.90 Å². The number of rotatable bonds is 1. The van der Waals surface area contributed by atoms with Crippen LogP contribution in [0.2, 0.25) is 0 Å². The summed E-state index contributed by atoms with van der Waals surface area (Å²) in [6.45, 7) is 4.09. The highest BCUT2D eigenvalue weighted by Gasteiger charge is 2.00. The second-order valence-electron chi connectivity index (χ2n) is 1.81. The summed E-state index contributed by atoms with van der Waals surface area (Å²) in [5.41, 5.74) is 1.17. The lowest BCUT2D eigenvalue weighted by molar-refractivity contribution is 1.16. The monoisotopic (exact) mass is 159 g/mol. The highest BCUT2D eigenvalue weighted by atomic mass is 32.2. The first-order valence-corrected chi connectivity index (χ1v) is 4.76. The van der Waals surface area contributed by atoms with Gasteiger partial charge in [0.05, 0.1) is 14.9 Å². The predicted octanol–water partition coefficient (Wildman–Crippen LogP) is 2.48. The lowest BCUT2D eigenvalue weighted by Gasteiger charge is -1.85. The number of thiazole rings is 1. The second-order valence-corrected chi connectivity index (χ2v) is 4.09. The molecule has 0 radical (unpaired) electrons. The Balaban J connectivity index is 3.01. The van der Waals surface area contributed by atoms with Gasteiger partial charge in [-0.15, -0.1) is 23.1 Å². The maximum atomic E-state index is 4.28. The fraction of sp³-hybridized carbons (Fsp3) is 0.500. The van der Waals surface area contributed by atoms with Crippen LogP contribution in [-0.4, -0.2) is 11.2 Å². The molecule has 1 nitrogen and oxygen atoms in total. The first kappa shape index (κ1) is 7.09. The van der Waals surface area contributed by atoms with Crippen molar-refractivity contribution in [2.24, 2.45) is 0 Å². The molecule has 0 N–H and O–H groups in total. The minimum atomic E-state index is 1.16. The molecule has 0 unspecified atom stereocenters. The van der Waals surface area contributed by atoms with Gasteiger partial charge in [0, 0.05) is 0 Å². The standard InChI is InChI=1S/C6H9NS2/c1-4-6(8-3)9-5(2)7-4/h1-3H3. The molecular formula is C6H9NS2. The fourth-order valence-electron chi connectivity index (χ4n) is 0.702. The average Bonchev–Trinajstić information content (AvgIpc) is 2.10. The molecule has 1 aromatic heterocycles. The summed E-state index contributed by atoms with van der Waals surface area (Å²) in [6, 6.07) is 0. The Hall–Kier alpha value is -0.0200. The van der Waals surface area contributed by atoms with Crippen molar-refractivity contribution >= 4 is 23.1 Å². The summed E-state index contributed by atoms with van der Waals surface area (Å²) < 4.78 is 1.34. The molecule has 0 aliphatic carbocycles. The molecule has 0 saturated heterocycles. The van der Waals surface area contributed by atoms with E-state index >= 15 is 0 Å². The first-order chi connectivity index (χ1) is 4.24. The summed E-state index contributed by atoms with van der Waals surface area (Å²) in [7, 11) is 0. The Bertz CT molecular complexity index is 205. The zero-order valence-electron chi connectivity index (χ0n) is 5.76. The topological polar surface area (TPSA) is 12.9 Å². The van der Waals surface area contributed by atoms with Gasteiger partial charge in [0.1, 0.15) is 0 Å². The molecule has 0 bridgehead atoms. The maximum Gasteiger partial charge on any atom is 0.0909 e. The normalized spacial score (nSPS) is 10.1. The molecule has 1 heterocycles. The summed E-state index contributed by atoms with van der Waals surface area (Å²) in [5.74, 6) is 0. The summed E-state index contributed by atoms with van der Waals surface area (Å²) >= 11 is 3.54. The maximum absolute atomic E-state index is 4.28. The molecule has 0 aromatic carbocycles. The third kappa shape index (κ3) is 1.46. The first-order valence-electron chi connectivity index (χ1n) is 2.72. The molecule has 0 aliphatic rings. The number of nitrogens with zero attached hydrogens (tertiary/aromatic N) is 1. The molecule has 1 aromatic rings. The summed E-state index contributed by atoms with van der Waals surface area (Å²) in [6.07, 6.45) is 2.08.